The minimum atomic E-state index is -0.207. The van der Waals surface area contributed by atoms with Crippen LogP contribution in [0.15, 0.2) is 77.4 Å². The molecule has 0 atom stereocenters. The highest BCUT2D eigenvalue weighted by molar-refractivity contribution is 6.04. The molecule has 0 spiro atoms. The van der Waals surface area contributed by atoms with Crippen molar-refractivity contribution in [3.8, 4) is 0 Å². The van der Waals surface area contributed by atoms with Gasteiger partial charge in [0.25, 0.3) is 5.91 Å². The molecule has 2 heterocycles. The molecule has 3 aromatic rings. The quantitative estimate of drug-likeness (QED) is 0.631. The number of hydrogen-bond acceptors (Lipinski definition) is 4. The van der Waals surface area contributed by atoms with Crippen LogP contribution in [0, 0.1) is 0 Å². The molecule has 0 radical (unpaired) electrons. The first-order chi connectivity index (χ1) is 14.7. The molecule has 1 aliphatic rings. The van der Waals surface area contributed by atoms with Gasteiger partial charge in [-0.1, -0.05) is 42.5 Å². The second-order valence-corrected chi connectivity index (χ2v) is 7.19. The molecular weight excluding hydrogens is 380 g/mol. The highest BCUT2D eigenvalue weighted by atomic mass is 16.5. The molecule has 1 fully saturated rings. The molecule has 1 aliphatic heterocycles. The van der Waals surface area contributed by atoms with Crippen molar-refractivity contribution < 1.29 is 18.7 Å². The molecule has 2 aromatic carbocycles. The van der Waals surface area contributed by atoms with Crippen LogP contribution in [-0.4, -0.2) is 43.0 Å². The molecule has 0 saturated carbocycles. The topological polar surface area (TPSA) is 63.0 Å². The van der Waals surface area contributed by atoms with Crippen LogP contribution in [0.25, 0.3) is 0 Å². The summed E-state index contributed by atoms with van der Waals surface area (Å²) in [5.41, 5.74) is 2.69. The number of rotatable bonds is 6. The third-order valence-corrected chi connectivity index (χ3v) is 5.13. The molecule has 1 saturated heterocycles. The number of benzene rings is 2. The predicted molar refractivity (Wildman–Crippen MR) is 113 cm³/mol. The van der Waals surface area contributed by atoms with Crippen molar-refractivity contribution in [2.75, 3.05) is 31.2 Å². The van der Waals surface area contributed by atoms with Crippen LogP contribution in [0.1, 0.15) is 21.7 Å². The van der Waals surface area contributed by atoms with E-state index in [1.807, 2.05) is 59.5 Å². The zero-order chi connectivity index (χ0) is 20.8. The van der Waals surface area contributed by atoms with Crippen molar-refractivity contribution in [3.05, 3.63) is 89.9 Å². The Morgan fingerprint density at radius 3 is 2.27 bits per heavy atom. The molecule has 0 unspecified atom stereocenters. The highest BCUT2D eigenvalue weighted by Gasteiger charge is 2.21. The summed E-state index contributed by atoms with van der Waals surface area (Å²) >= 11 is 0. The van der Waals surface area contributed by atoms with Gasteiger partial charge in [-0.05, 0) is 35.4 Å². The summed E-state index contributed by atoms with van der Waals surface area (Å²) in [5, 5.41) is 0. The molecule has 4 rings (SSSR count). The SMILES string of the molecule is O=C(Cc1ccc(N(Cc2ccccc2)C(=O)c2ccco2)cc1)N1CCOCC1. The van der Waals surface area contributed by atoms with Crippen LogP contribution < -0.4 is 4.90 Å². The Morgan fingerprint density at radius 1 is 0.867 bits per heavy atom. The van der Waals surface area contributed by atoms with Crippen LogP contribution in [-0.2, 0) is 22.5 Å². The van der Waals surface area contributed by atoms with E-state index in [1.165, 1.54) is 6.26 Å². The Hall–Kier alpha value is -3.38. The number of ether oxygens (including phenoxy) is 1. The van der Waals surface area contributed by atoms with Crippen molar-refractivity contribution in [1.82, 2.24) is 4.90 Å². The number of nitrogens with zero attached hydrogens (tertiary/aromatic N) is 2. The fraction of sp³-hybridized carbons (Fsp3) is 0.250. The largest absolute Gasteiger partial charge is 0.459 e. The summed E-state index contributed by atoms with van der Waals surface area (Å²) < 4.78 is 10.6. The lowest BCUT2D eigenvalue weighted by Crippen LogP contribution is -2.41. The van der Waals surface area contributed by atoms with E-state index >= 15 is 0 Å². The molecule has 0 N–H and O–H groups in total. The van der Waals surface area contributed by atoms with E-state index in [2.05, 4.69) is 0 Å². The summed E-state index contributed by atoms with van der Waals surface area (Å²) in [7, 11) is 0. The van der Waals surface area contributed by atoms with Gasteiger partial charge in [-0.3, -0.25) is 9.59 Å². The molecule has 0 aliphatic carbocycles. The van der Waals surface area contributed by atoms with Gasteiger partial charge >= 0.3 is 0 Å². The van der Waals surface area contributed by atoms with Crippen molar-refractivity contribution in [3.63, 3.8) is 0 Å². The lowest BCUT2D eigenvalue weighted by Gasteiger charge is -2.27. The minimum Gasteiger partial charge on any atom is -0.459 e. The van der Waals surface area contributed by atoms with Gasteiger partial charge in [-0.2, -0.15) is 0 Å². The molecular formula is C24H24N2O4. The van der Waals surface area contributed by atoms with E-state index in [0.717, 1.165) is 16.8 Å². The van der Waals surface area contributed by atoms with Gasteiger partial charge in [0.1, 0.15) is 0 Å². The third-order valence-electron chi connectivity index (χ3n) is 5.13. The molecule has 0 bridgehead atoms. The van der Waals surface area contributed by atoms with Crippen LogP contribution in [0.2, 0.25) is 0 Å². The number of furan rings is 1. The predicted octanol–water partition coefficient (Wildman–Crippen LogP) is 3.53. The summed E-state index contributed by atoms with van der Waals surface area (Å²) in [6, 6.07) is 20.7. The van der Waals surface area contributed by atoms with Gasteiger partial charge in [0.15, 0.2) is 5.76 Å². The highest BCUT2D eigenvalue weighted by Crippen LogP contribution is 2.22. The Balaban J connectivity index is 1.51. The molecule has 6 heteroatoms. The van der Waals surface area contributed by atoms with Crippen LogP contribution >= 0.6 is 0 Å². The summed E-state index contributed by atoms with van der Waals surface area (Å²) in [4.78, 5) is 29.0. The van der Waals surface area contributed by atoms with E-state index in [4.69, 9.17) is 9.15 Å². The van der Waals surface area contributed by atoms with E-state index < -0.39 is 0 Å². The first kappa shape index (κ1) is 19.9. The van der Waals surface area contributed by atoms with Crippen molar-refractivity contribution in [2.24, 2.45) is 0 Å². The van der Waals surface area contributed by atoms with Crippen LogP contribution in [0.3, 0.4) is 0 Å². The van der Waals surface area contributed by atoms with Gasteiger partial charge in [-0.15, -0.1) is 0 Å². The maximum atomic E-state index is 13.0. The molecule has 6 nitrogen and oxygen atoms in total. The average Bonchev–Trinajstić information content (AvgIpc) is 3.34. The standard InChI is InChI=1S/C24H24N2O4/c27-23(25-12-15-29-16-13-25)17-19-8-10-21(11-9-19)26(18-20-5-2-1-3-6-20)24(28)22-7-4-14-30-22/h1-11,14H,12-13,15-18H2. The maximum Gasteiger partial charge on any atom is 0.294 e. The smallest absolute Gasteiger partial charge is 0.294 e. The van der Waals surface area contributed by atoms with Crippen LogP contribution in [0.4, 0.5) is 5.69 Å². The second kappa shape index (κ2) is 9.41. The van der Waals surface area contributed by atoms with Crippen molar-refractivity contribution in [2.45, 2.75) is 13.0 Å². The van der Waals surface area contributed by atoms with Gasteiger partial charge in [-0.25, -0.2) is 0 Å². The maximum absolute atomic E-state index is 13.0. The fourth-order valence-electron chi connectivity index (χ4n) is 3.47. The van der Waals surface area contributed by atoms with E-state index in [-0.39, 0.29) is 17.6 Å². The molecule has 2 amide bonds. The van der Waals surface area contributed by atoms with Crippen molar-refractivity contribution >= 4 is 17.5 Å². The number of anilines is 1. The monoisotopic (exact) mass is 404 g/mol. The normalized spacial score (nSPS) is 13.8. The van der Waals surface area contributed by atoms with Gasteiger partial charge in [0.05, 0.1) is 32.4 Å². The fourth-order valence-corrected chi connectivity index (χ4v) is 3.47. The summed E-state index contributed by atoms with van der Waals surface area (Å²) in [6.45, 7) is 2.88. The van der Waals surface area contributed by atoms with Gasteiger partial charge in [0, 0.05) is 18.8 Å². The number of carbonyl (C=O) groups is 2. The summed E-state index contributed by atoms with van der Waals surface area (Å²) in [5.74, 6) is 0.178. The number of carbonyl (C=O) groups excluding carboxylic acids is 2. The van der Waals surface area contributed by atoms with E-state index in [1.54, 1.807) is 17.0 Å². The van der Waals surface area contributed by atoms with Crippen LogP contribution in [0.5, 0.6) is 0 Å². The Kier molecular flexibility index (Phi) is 6.25. The Bertz CT molecular complexity index is 962. The number of hydrogen-bond donors (Lipinski definition) is 0. The van der Waals surface area contributed by atoms with Gasteiger partial charge in [0.2, 0.25) is 5.91 Å². The number of morpholine rings is 1. The zero-order valence-corrected chi connectivity index (χ0v) is 16.7. The Labute approximate surface area is 175 Å². The average molecular weight is 404 g/mol. The molecule has 1 aromatic heterocycles. The third kappa shape index (κ3) is 4.78. The second-order valence-electron chi connectivity index (χ2n) is 7.19. The summed E-state index contributed by atoms with van der Waals surface area (Å²) in [6.07, 6.45) is 1.83. The van der Waals surface area contributed by atoms with Gasteiger partial charge < -0.3 is 19.0 Å². The first-order valence-electron chi connectivity index (χ1n) is 10.0. The Morgan fingerprint density at radius 2 is 1.60 bits per heavy atom. The van der Waals surface area contributed by atoms with E-state index in [0.29, 0.717) is 39.3 Å². The molecule has 154 valence electrons. The first-order valence-corrected chi connectivity index (χ1v) is 10.0. The zero-order valence-electron chi connectivity index (χ0n) is 16.7. The lowest BCUT2D eigenvalue weighted by atomic mass is 10.1. The minimum absolute atomic E-state index is 0.0962. The van der Waals surface area contributed by atoms with E-state index in [9.17, 15) is 9.59 Å². The molecule has 30 heavy (non-hydrogen) atoms. The lowest BCUT2D eigenvalue weighted by molar-refractivity contribution is -0.134. The number of amides is 2. The van der Waals surface area contributed by atoms with Crippen molar-refractivity contribution in [1.29, 1.82) is 0 Å².